The lowest BCUT2D eigenvalue weighted by molar-refractivity contribution is -0.298. The Kier molecular flexibility index (Phi) is 29.3. The van der Waals surface area contributed by atoms with Crippen LogP contribution in [0.3, 0.4) is 0 Å². The van der Waals surface area contributed by atoms with E-state index in [0.717, 1.165) is 96.3 Å². The first-order chi connectivity index (χ1) is 25.7. The van der Waals surface area contributed by atoms with E-state index in [1.54, 1.807) is 0 Å². The van der Waals surface area contributed by atoms with Crippen molar-refractivity contribution < 1.29 is 53.8 Å². The zero-order chi connectivity index (χ0) is 38.9. The van der Waals surface area contributed by atoms with Crippen molar-refractivity contribution in [2.75, 3.05) is 13.2 Å². The van der Waals surface area contributed by atoms with Crippen molar-refractivity contribution in [3.63, 3.8) is 0 Å². The van der Waals surface area contributed by atoms with E-state index in [-0.39, 0.29) is 19.4 Å². The van der Waals surface area contributed by atoms with Crippen LogP contribution in [0.2, 0.25) is 0 Å². The first-order valence-electron chi connectivity index (χ1n) is 19.8. The minimum Gasteiger partial charge on any atom is -0.479 e. The van der Waals surface area contributed by atoms with Gasteiger partial charge in [0.25, 0.3) is 0 Å². The molecule has 6 atom stereocenters. The van der Waals surface area contributed by atoms with Crippen molar-refractivity contribution in [3.05, 3.63) is 60.8 Å². The maximum absolute atomic E-state index is 12.7. The van der Waals surface area contributed by atoms with Crippen molar-refractivity contribution in [2.45, 2.75) is 173 Å². The Bertz CT molecular complexity index is 1110. The zero-order valence-electron chi connectivity index (χ0n) is 32.2. The van der Waals surface area contributed by atoms with Crippen LogP contribution in [-0.4, -0.2) is 88.4 Å². The number of rotatable bonds is 31. The second kappa shape index (κ2) is 32.3. The van der Waals surface area contributed by atoms with Gasteiger partial charge in [-0.05, 0) is 70.6 Å². The highest BCUT2D eigenvalue weighted by atomic mass is 16.7. The standard InChI is InChI=1S/C42H68O11/c1-3-5-7-9-11-13-15-16-17-18-19-20-21-23-24-26-28-30-35(43)50-32-34(33-51-42-39(47)37(45)38(46)40(53-42)41(48)49)52-36(44)31-29-27-25-22-14-12-10-8-6-4-2/h5,7-8,10-11,13,16-17,19-20,34,37-40,42,45-47H,3-4,6,9,12,14-15,18,21-33H2,1-2H3,(H,48,49)/b7-5-,10-8-,13-11-,17-16-,20-19-. The fourth-order valence-electron chi connectivity index (χ4n) is 5.46. The molecule has 11 heteroatoms. The molecule has 6 unspecified atom stereocenters. The molecule has 1 aliphatic heterocycles. The van der Waals surface area contributed by atoms with Gasteiger partial charge in [-0.3, -0.25) is 9.59 Å². The number of carboxylic acid groups (broad SMARTS) is 1. The smallest absolute Gasteiger partial charge is 0.335 e. The summed E-state index contributed by atoms with van der Waals surface area (Å²) in [4.78, 5) is 36.6. The van der Waals surface area contributed by atoms with Crippen LogP contribution in [0.15, 0.2) is 60.8 Å². The molecule has 0 aliphatic carbocycles. The molecule has 0 bridgehead atoms. The first-order valence-corrected chi connectivity index (χ1v) is 19.8. The summed E-state index contributed by atoms with van der Waals surface area (Å²) in [6.07, 6.45) is 28.6. The summed E-state index contributed by atoms with van der Waals surface area (Å²) in [6, 6.07) is 0. The molecule has 11 nitrogen and oxygen atoms in total. The zero-order valence-corrected chi connectivity index (χ0v) is 32.2. The highest BCUT2D eigenvalue weighted by Crippen LogP contribution is 2.23. The Hall–Kier alpha value is -3.09. The van der Waals surface area contributed by atoms with Crippen LogP contribution in [-0.2, 0) is 33.3 Å². The monoisotopic (exact) mass is 748 g/mol. The molecule has 302 valence electrons. The van der Waals surface area contributed by atoms with E-state index in [1.165, 1.54) is 0 Å². The topological polar surface area (TPSA) is 169 Å². The van der Waals surface area contributed by atoms with Gasteiger partial charge in [0.2, 0.25) is 0 Å². The predicted octanol–water partition coefficient (Wildman–Crippen LogP) is 7.58. The third-order valence-corrected chi connectivity index (χ3v) is 8.58. The van der Waals surface area contributed by atoms with E-state index in [4.69, 9.17) is 18.9 Å². The van der Waals surface area contributed by atoms with Crippen LogP contribution in [0, 0.1) is 0 Å². The van der Waals surface area contributed by atoms with E-state index in [2.05, 4.69) is 74.6 Å². The average Bonchev–Trinajstić information content (AvgIpc) is 3.14. The minimum absolute atomic E-state index is 0.163. The van der Waals surface area contributed by atoms with Crippen LogP contribution in [0.5, 0.6) is 0 Å². The van der Waals surface area contributed by atoms with Crippen LogP contribution < -0.4 is 0 Å². The van der Waals surface area contributed by atoms with Gasteiger partial charge >= 0.3 is 17.9 Å². The number of esters is 2. The molecule has 1 aliphatic rings. The van der Waals surface area contributed by atoms with Crippen molar-refractivity contribution in [1.82, 2.24) is 0 Å². The summed E-state index contributed by atoms with van der Waals surface area (Å²) in [6.45, 7) is 3.57. The quantitative estimate of drug-likeness (QED) is 0.0313. The highest BCUT2D eigenvalue weighted by Gasteiger charge is 2.47. The number of aliphatic hydroxyl groups excluding tert-OH is 3. The first kappa shape index (κ1) is 47.9. The van der Waals surface area contributed by atoms with Gasteiger partial charge < -0.3 is 39.4 Å². The van der Waals surface area contributed by atoms with E-state index in [9.17, 15) is 34.8 Å². The summed E-state index contributed by atoms with van der Waals surface area (Å²) >= 11 is 0. The minimum atomic E-state index is -1.87. The van der Waals surface area contributed by atoms with E-state index in [1.807, 2.05) is 0 Å². The van der Waals surface area contributed by atoms with E-state index >= 15 is 0 Å². The molecule has 1 saturated heterocycles. The fourth-order valence-corrected chi connectivity index (χ4v) is 5.46. The Morgan fingerprint density at radius 2 is 1.11 bits per heavy atom. The lowest BCUT2D eigenvalue weighted by atomic mass is 9.99. The largest absolute Gasteiger partial charge is 0.479 e. The Labute approximate surface area is 317 Å². The summed E-state index contributed by atoms with van der Waals surface area (Å²) in [7, 11) is 0. The third kappa shape index (κ3) is 24.8. The molecule has 53 heavy (non-hydrogen) atoms. The van der Waals surface area contributed by atoms with Crippen LogP contribution in [0.25, 0.3) is 0 Å². The van der Waals surface area contributed by atoms with Crippen LogP contribution >= 0.6 is 0 Å². The molecule has 0 aromatic heterocycles. The summed E-state index contributed by atoms with van der Waals surface area (Å²) in [5.41, 5.74) is 0. The van der Waals surface area contributed by atoms with Crippen molar-refractivity contribution in [3.8, 4) is 0 Å². The molecular formula is C42H68O11. The van der Waals surface area contributed by atoms with Gasteiger partial charge in [0.1, 0.15) is 24.9 Å². The molecule has 0 aromatic rings. The Morgan fingerprint density at radius 1 is 0.604 bits per heavy atom. The third-order valence-electron chi connectivity index (χ3n) is 8.58. The van der Waals surface area contributed by atoms with E-state index < -0.39 is 61.3 Å². The van der Waals surface area contributed by atoms with Crippen LogP contribution in [0.4, 0.5) is 0 Å². The summed E-state index contributed by atoms with van der Waals surface area (Å²) in [5, 5.41) is 39.6. The van der Waals surface area contributed by atoms with Gasteiger partial charge in [-0.15, -0.1) is 0 Å². The average molecular weight is 749 g/mol. The number of carbonyl (C=O) groups excluding carboxylic acids is 2. The normalized spacial score (nSPS) is 21.4. The number of hydrogen-bond donors (Lipinski definition) is 4. The summed E-state index contributed by atoms with van der Waals surface area (Å²) < 4.78 is 21.6. The van der Waals surface area contributed by atoms with E-state index in [0.29, 0.717) is 12.8 Å². The number of aliphatic hydroxyl groups is 3. The number of aliphatic carboxylic acids is 1. The second-order valence-corrected chi connectivity index (χ2v) is 13.4. The molecule has 1 rings (SSSR count). The fraction of sp³-hybridized carbons (Fsp3) is 0.690. The molecule has 0 aromatic carbocycles. The molecule has 1 heterocycles. The van der Waals surface area contributed by atoms with Crippen LogP contribution in [0.1, 0.15) is 136 Å². The van der Waals surface area contributed by atoms with Gasteiger partial charge in [0.15, 0.2) is 18.5 Å². The maximum atomic E-state index is 12.7. The number of unbranched alkanes of at least 4 members (excludes halogenated alkanes) is 10. The Morgan fingerprint density at radius 3 is 1.70 bits per heavy atom. The number of hydrogen-bond acceptors (Lipinski definition) is 10. The van der Waals surface area contributed by atoms with Crippen molar-refractivity contribution in [2.24, 2.45) is 0 Å². The molecule has 0 radical (unpaired) electrons. The highest BCUT2D eigenvalue weighted by molar-refractivity contribution is 5.73. The van der Waals surface area contributed by atoms with Gasteiger partial charge in [0, 0.05) is 12.8 Å². The number of ether oxygens (including phenoxy) is 4. The van der Waals surface area contributed by atoms with Gasteiger partial charge in [-0.1, -0.05) is 113 Å². The molecule has 0 amide bonds. The predicted molar refractivity (Wildman–Crippen MR) is 206 cm³/mol. The van der Waals surface area contributed by atoms with Gasteiger partial charge in [0.05, 0.1) is 6.61 Å². The Balaban J connectivity index is 2.43. The maximum Gasteiger partial charge on any atom is 0.335 e. The summed E-state index contributed by atoms with van der Waals surface area (Å²) in [5.74, 6) is -2.50. The molecule has 4 N–H and O–H groups in total. The van der Waals surface area contributed by atoms with Gasteiger partial charge in [-0.2, -0.15) is 0 Å². The SMILES string of the molecule is CC/C=C\C/C=C\C/C=C\C/C=C\CCCCCCC(=O)OCC(COC1OC(C(=O)O)C(O)C(O)C1O)OC(=O)CCCCCCC/C=C\CCC. The number of carboxylic acids is 1. The molecule has 0 spiro atoms. The lowest BCUT2D eigenvalue weighted by Crippen LogP contribution is -2.60. The van der Waals surface area contributed by atoms with Crippen molar-refractivity contribution in [1.29, 1.82) is 0 Å². The number of carbonyl (C=O) groups is 3. The molecular weight excluding hydrogens is 680 g/mol. The molecule has 0 saturated carbocycles. The molecule has 1 fully saturated rings. The van der Waals surface area contributed by atoms with Gasteiger partial charge in [-0.25, -0.2) is 4.79 Å². The number of allylic oxidation sites excluding steroid dienone is 10. The lowest BCUT2D eigenvalue weighted by Gasteiger charge is -2.38. The van der Waals surface area contributed by atoms with Crippen molar-refractivity contribution >= 4 is 17.9 Å². The second-order valence-electron chi connectivity index (χ2n) is 13.4.